The van der Waals surface area contributed by atoms with Crippen LogP contribution in [0.15, 0.2) is 36.5 Å². The molecule has 1 unspecified atom stereocenters. The van der Waals surface area contributed by atoms with Gasteiger partial charge in [-0.15, -0.1) is 0 Å². The van der Waals surface area contributed by atoms with Gasteiger partial charge in [-0.2, -0.15) is 5.10 Å². The zero-order valence-corrected chi connectivity index (χ0v) is 12.4. The lowest BCUT2D eigenvalue weighted by Gasteiger charge is -2.10. The van der Waals surface area contributed by atoms with Gasteiger partial charge in [-0.05, 0) is 31.5 Å². The molecule has 1 aliphatic heterocycles. The monoisotopic (exact) mass is 315 g/mol. The van der Waals surface area contributed by atoms with Crippen LogP contribution in [0.1, 0.15) is 23.3 Å². The SMILES string of the molecule is O=C(NCC1CCCN1)c1ccn(-c2cccc([N+](=O)[O-])c2)n1. The Morgan fingerprint density at radius 3 is 3.09 bits per heavy atom. The topological polar surface area (TPSA) is 102 Å². The molecule has 0 saturated carbocycles. The molecule has 1 saturated heterocycles. The maximum atomic E-state index is 12.1. The molecule has 1 aromatic heterocycles. The van der Waals surface area contributed by atoms with E-state index in [9.17, 15) is 14.9 Å². The molecule has 2 N–H and O–H groups in total. The van der Waals surface area contributed by atoms with Crippen molar-refractivity contribution in [3.8, 4) is 5.69 Å². The lowest BCUT2D eigenvalue weighted by molar-refractivity contribution is -0.384. The zero-order valence-electron chi connectivity index (χ0n) is 12.4. The van der Waals surface area contributed by atoms with E-state index in [4.69, 9.17) is 0 Å². The van der Waals surface area contributed by atoms with E-state index in [2.05, 4.69) is 15.7 Å². The predicted molar refractivity (Wildman–Crippen MR) is 83.6 cm³/mol. The van der Waals surface area contributed by atoms with Gasteiger partial charge in [0, 0.05) is 30.9 Å². The van der Waals surface area contributed by atoms with E-state index in [1.165, 1.54) is 16.8 Å². The average molecular weight is 315 g/mol. The summed E-state index contributed by atoms with van der Waals surface area (Å²) >= 11 is 0. The average Bonchev–Trinajstić information content (AvgIpc) is 3.24. The molecule has 8 heteroatoms. The third kappa shape index (κ3) is 3.54. The number of amides is 1. The number of nitro groups is 1. The van der Waals surface area contributed by atoms with Gasteiger partial charge in [-0.1, -0.05) is 6.07 Å². The first-order valence-electron chi connectivity index (χ1n) is 7.45. The molecule has 2 aromatic rings. The van der Waals surface area contributed by atoms with Crippen molar-refractivity contribution in [2.24, 2.45) is 0 Å². The number of carbonyl (C=O) groups is 1. The fourth-order valence-corrected chi connectivity index (χ4v) is 2.58. The minimum absolute atomic E-state index is 0.0173. The number of nitro benzene ring substituents is 1. The maximum Gasteiger partial charge on any atom is 0.271 e. The van der Waals surface area contributed by atoms with Crippen molar-refractivity contribution in [2.75, 3.05) is 13.1 Å². The Bertz CT molecular complexity index is 721. The molecule has 0 bridgehead atoms. The molecule has 120 valence electrons. The fourth-order valence-electron chi connectivity index (χ4n) is 2.58. The third-order valence-corrected chi connectivity index (χ3v) is 3.80. The number of benzene rings is 1. The van der Waals surface area contributed by atoms with Crippen LogP contribution in [-0.4, -0.2) is 39.7 Å². The first-order chi connectivity index (χ1) is 11.1. The van der Waals surface area contributed by atoms with Gasteiger partial charge < -0.3 is 10.6 Å². The summed E-state index contributed by atoms with van der Waals surface area (Å²) in [6.07, 6.45) is 3.80. The van der Waals surface area contributed by atoms with E-state index < -0.39 is 4.92 Å². The Morgan fingerprint density at radius 1 is 1.48 bits per heavy atom. The first-order valence-corrected chi connectivity index (χ1v) is 7.45. The van der Waals surface area contributed by atoms with Crippen LogP contribution < -0.4 is 10.6 Å². The molecular weight excluding hydrogens is 298 g/mol. The number of hydrogen-bond acceptors (Lipinski definition) is 5. The van der Waals surface area contributed by atoms with Crippen LogP contribution in [0.5, 0.6) is 0 Å². The largest absolute Gasteiger partial charge is 0.349 e. The molecule has 1 amide bonds. The molecule has 8 nitrogen and oxygen atoms in total. The van der Waals surface area contributed by atoms with Crippen LogP contribution in [-0.2, 0) is 0 Å². The zero-order chi connectivity index (χ0) is 16.2. The second-order valence-corrected chi connectivity index (χ2v) is 5.43. The molecule has 2 heterocycles. The minimum atomic E-state index is -0.463. The molecule has 0 aliphatic carbocycles. The molecule has 1 fully saturated rings. The Hall–Kier alpha value is -2.74. The molecule has 1 atom stereocenters. The number of nitrogens with one attached hydrogen (secondary N) is 2. The van der Waals surface area contributed by atoms with E-state index >= 15 is 0 Å². The van der Waals surface area contributed by atoms with Crippen molar-refractivity contribution >= 4 is 11.6 Å². The number of rotatable bonds is 5. The molecule has 1 aliphatic rings. The van der Waals surface area contributed by atoms with Gasteiger partial charge in [-0.25, -0.2) is 4.68 Å². The van der Waals surface area contributed by atoms with Gasteiger partial charge in [0.2, 0.25) is 0 Å². The number of aromatic nitrogens is 2. The molecular formula is C15H17N5O3. The maximum absolute atomic E-state index is 12.1. The smallest absolute Gasteiger partial charge is 0.271 e. The van der Waals surface area contributed by atoms with Crippen molar-refractivity contribution < 1.29 is 9.72 Å². The Kier molecular flexibility index (Phi) is 4.33. The molecule has 0 radical (unpaired) electrons. The van der Waals surface area contributed by atoms with Gasteiger partial charge >= 0.3 is 0 Å². The van der Waals surface area contributed by atoms with E-state index in [0.717, 1.165) is 19.4 Å². The summed E-state index contributed by atoms with van der Waals surface area (Å²) in [6.45, 7) is 1.56. The second kappa shape index (κ2) is 6.57. The van der Waals surface area contributed by atoms with Crippen LogP contribution in [0.3, 0.4) is 0 Å². The Balaban J connectivity index is 1.68. The lowest BCUT2D eigenvalue weighted by Crippen LogP contribution is -2.37. The summed E-state index contributed by atoms with van der Waals surface area (Å²) in [5.74, 6) is -0.247. The van der Waals surface area contributed by atoms with Gasteiger partial charge in [0.05, 0.1) is 10.6 Å². The van der Waals surface area contributed by atoms with Crippen molar-refractivity contribution in [1.82, 2.24) is 20.4 Å². The highest BCUT2D eigenvalue weighted by molar-refractivity contribution is 5.92. The van der Waals surface area contributed by atoms with Gasteiger partial charge in [0.15, 0.2) is 5.69 Å². The second-order valence-electron chi connectivity index (χ2n) is 5.43. The molecule has 0 spiro atoms. The first kappa shape index (κ1) is 15.2. The number of nitrogens with zero attached hydrogens (tertiary/aromatic N) is 3. The van der Waals surface area contributed by atoms with Crippen LogP contribution >= 0.6 is 0 Å². The van der Waals surface area contributed by atoms with Gasteiger partial charge in [-0.3, -0.25) is 14.9 Å². The Morgan fingerprint density at radius 2 is 2.35 bits per heavy atom. The van der Waals surface area contributed by atoms with E-state index in [-0.39, 0.29) is 17.3 Å². The van der Waals surface area contributed by atoms with Crippen molar-refractivity contribution in [3.63, 3.8) is 0 Å². The quantitative estimate of drug-likeness (QED) is 0.639. The summed E-state index contributed by atoms with van der Waals surface area (Å²) in [5, 5.41) is 21.2. The van der Waals surface area contributed by atoms with E-state index in [1.54, 1.807) is 24.4 Å². The summed E-state index contributed by atoms with van der Waals surface area (Å²) in [7, 11) is 0. The van der Waals surface area contributed by atoms with Crippen molar-refractivity contribution in [1.29, 1.82) is 0 Å². The summed E-state index contributed by atoms with van der Waals surface area (Å²) < 4.78 is 1.45. The lowest BCUT2D eigenvalue weighted by atomic mass is 10.2. The Labute approximate surface area is 132 Å². The number of carbonyl (C=O) groups excluding carboxylic acids is 1. The van der Waals surface area contributed by atoms with Crippen molar-refractivity contribution in [2.45, 2.75) is 18.9 Å². The predicted octanol–water partition coefficient (Wildman–Crippen LogP) is 1.26. The highest BCUT2D eigenvalue weighted by Gasteiger charge is 2.17. The van der Waals surface area contributed by atoms with E-state index in [0.29, 0.717) is 18.3 Å². The van der Waals surface area contributed by atoms with Crippen molar-refractivity contribution in [3.05, 3.63) is 52.3 Å². The molecule has 1 aromatic carbocycles. The minimum Gasteiger partial charge on any atom is -0.349 e. The highest BCUT2D eigenvalue weighted by atomic mass is 16.6. The normalized spacial score (nSPS) is 17.1. The molecule has 3 rings (SSSR count). The summed E-state index contributed by atoms with van der Waals surface area (Å²) in [6, 6.07) is 8.02. The van der Waals surface area contributed by atoms with Crippen LogP contribution in [0.25, 0.3) is 5.69 Å². The fraction of sp³-hybridized carbons (Fsp3) is 0.333. The van der Waals surface area contributed by atoms with Gasteiger partial charge in [0.1, 0.15) is 0 Å². The molecule has 23 heavy (non-hydrogen) atoms. The number of non-ortho nitro benzene ring substituents is 1. The summed E-state index contributed by atoms with van der Waals surface area (Å²) in [4.78, 5) is 22.4. The standard InChI is InChI=1S/C15H17N5O3/c21-15(17-10-11-3-2-7-16-11)14-6-8-19(18-14)12-4-1-5-13(9-12)20(22)23/h1,4-6,8-9,11,16H,2-3,7,10H2,(H,17,21). The number of hydrogen-bond donors (Lipinski definition) is 2. The van der Waals surface area contributed by atoms with Crippen LogP contribution in [0.2, 0.25) is 0 Å². The third-order valence-electron chi connectivity index (χ3n) is 3.80. The highest BCUT2D eigenvalue weighted by Crippen LogP contribution is 2.16. The summed E-state index contributed by atoms with van der Waals surface area (Å²) in [5.41, 5.74) is 0.807. The van der Waals surface area contributed by atoms with Crippen LogP contribution in [0.4, 0.5) is 5.69 Å². The van der Waals surface area contributed by atoms with Crippen LogP contribution in [0, 0.1) is 10.1 Å². The van der Waals surface area contributed by atoms with Gasteiger partial charge in [0.25, 0.3) is 11.6 Å². The van der Waals surface area contributed by atoms with E-state index in [1.807, 2.05) is 0 Å².